The van der Waals surface area contributed by atoms with Crippen LogP contribution in [0.5, 0.6) is 0 Å². The van der Waals surface area contributed by atoms with Crippen molar-refractivity contribution < 1.29 is 9.59 Å². The zero-order valence-corrected chi connectivity index (χ0v) is 18.3. The van der Waals surface area contributed by atoms with E-state index in [0.29, 0.717) is 32.4 Å². The first-order chi connectivity index (χ1) is 15.5. The fourth-order valence-corrected chi connectivity index (χ4v) is 4.64. The molecule has 0 aliphatic carbocycles. The Bertz CT molecular complexity index is 1120. The van der Waals surface area contributed by atoms with E-state index in [1.165, 1.54) is 6.33 Å². The lowest BCUT2D eigenvalue weighted by molar-refractivity contribution is -0.139. The van der Waals surface area contributed by atoms with E-state index < -0.39 is 5.41 Å². The molecular weight excluding hydrogens is 400 g/mol. The Kier molecular flexibility index (Phi) is 6.30. The Hall–Kier alpha value is -3.54. The van der Waals surface area contributed by atoms with Gasteiger partial charge >= 0.3 is 0 Å². The molecule has 164 valence electrons. The molecule has 1 fully saturated rings. The van der Waals surface area contributed by atoms with Gasteiger partial charge < -0.3 is 10.6 Å². The van der Waals surface area contributed by atoms with Crippen molar-refractivity contribution in [3.8, 4) is 11.1 Å². The van der Waals surface area contributed by atoms with E-state index in [-0.39, 0.29) is 11.8 Å². The van der Waals surface area contributed by atoms with Crippen molar-refractivity contribution >= 4 is 11.8 Å². The highest BCUT2D eigenvalue weighted by molar-refractivity contribution is 5.84. The average molecular weight is 429 g/mol. The predicted octanol–water partition coefficient (Wildman–Crippen LogP) is 3.33. The first-order valence-electron chi connectivity index (χ1n) is 10.9. The number of benzene rings is 2. The quantitative estimate of drug-likeness (QED) is 0.652. The number of carbonyl (C=O) groups is 2. The lowest BCUT2D eigenvalue weighted by Gasteiger charge is -2.41. The Morgan fingerprint density at radius 2 is 1.88 bits per heavy atom. The minimum atomic E-state index is -0.799. The summed E-state index contributed by atoms with van der Waals surface area (Å²) < 4.78 is 0. The number of hydrogen-bond donors (Lipinski definition) is 1. The summed E-state index contributed by atoms with van der Waals surface area (Å²) in [7, 11) is 0. The number of piperidine rings is 1. The molecule has 6 heteroatoms. The van der Waals surface area contributed by atoms with Gasteiger partial charge in [0.05, 0.1) is 11.8 Å². The molecule has 32 heavy (non-hydrogen) atoms. The third-order valence-electron chi connectivity index (χ3n) is 6.31. The highest BCUT2D eigenvalue weighted by Gasteiger charge is 2.42. The summed E-state index contributed by atoms with van der Waals surface area (Å²) in [4.78, 5) is 35.9. The Morgan fingerprint density at radius 1 is 1.09 bits per heavy atom. The molecule has 0 unspecified atom stereocenters. The van der Waals surface area contributed by atoms with Crippen LogP contribution in [0.3, 0.4) is 0 Å². The first-order valence-corrected chi connectivity index (χ1v) is 10.9. The molecule has 1 atom stereocenters. The van der Waals surface area contributed by atoms with Crippen molar-refractivity contribution in [3.63, 3.8) is 0 Å². The van der Waals surface area contributed by atoms with E-state index in [1.807, 2.05) is 60.4 Å². The molecule has 2 amide bonds. The maximum atomic E-state index is 13.1. The van der Waals surface area contributed by atoms with Crippen molar-refractivity contribution in [1.82, 2.24) is 14.9 Å². The minimum Gasteiger partial charge on any atom is -0.369 e. The van der Waals surface area contributed by atoms with Gasteiger partial charge in [-0.15, -0.1) is 0 Å². The van der Waals surface area contributed by atoms with Gasteiger partial charge in [0.2, 0.25) is 11.8 Å². The van der Waals surface area contributed by atoms with Gasteiger partial charge in [0.1, 0.15) is 6.33 Å². The number of hydrogen-bond acceptors (Lipinski definition) is 4. The number of carbonyl (C=O) groups excluding carboxylic acids is 2. The van der Waals surface area contributed by atoms with E-state index in [2.05, 4.69) is 9.97 Å². The van der Waals surface area contributed by atoms with Crippen LogP contribution in [0, 0.1) is 12.3 Å². The fraction of sp³-hybridized carbons (Fsp3) is 0.308. The fourth-order valence-electron chi connectivity index (χ4n) is 4.64. The smallest absolute Gasteiger partial charge is 0.227 e. The van der Waals surface area contributed by atoms with E-state index in [4.69, 9.17) is 5.73 Å². The van der Waals surface area contributed by atoms with Crippen molar-refractivity contribution in [2.24, 2.45) is 11.1 Å². The molecule has 4 rings (SSSR count). The largest absolute Gasteiger partial charge is 0.369 e. The molecule has 0 saturated carbocycles. The number of nitrogens with zero attached hydrogens (tertiary/aromatic N) is 3. The van der Waals surface area contributed by atoms with Gasteiger partial charge in [0, 0.05) is 31.0 Å². The van der Waals surface area contributed by atoms with Gasteiger partial charge in [-0.3, -0.25) is 9.59 Å². The van der Waals surface area contributed by atoms with Crippen molar-refractivity contribution in [2.45, 2.75) is 32.6 Å². The van der Waals surface area contributed by atoms with Gasteiger partial charge in [-0.1, -0.05) is 54.1 Å². The van der Waals surface area contributed by atoms with Gasteiger partial charge in [0.15, 0.2) is 0 Å². The predicted molar refractivity (Wildman–Crippen MR) is 123 cm³/mol. The number of aromatic nitrogens is 2. The number of primary amides is 1. The van der Waals surface area contributed by atoms with Gasteiger partial charge in [0.25, 0.3) is 0 Å². The second kappa shape index (κ2) is 9.30. The van der Waals surface area contributed by atoms with E-state index in [9.17, 15) is 9.59 Å². The SMILES string of the molecule is Cc1cccc(CC(=O)N2CCC[C@](Cc3ccccc3-c3cncnc3)(C(N)=O)C2)c1. The second-order valence-corrected chi connectivity index (χ2v) is 8.69. The van der Waals surface area contributed by atoms with Crippen molar-refractivity contribution in [3.05, 3.63) is 83.9 Å². The van der Waals surface area contributed by atoms with E-state index in [0.717, 1.165) is 34.2 Å². The van der Waals surface area contributed by atoms with Crippen LogP contribution in [-0.2, 0) is 22.4 Å². The minimum absolute atomic E-state index is 0.0330. The standard InChI is InChI=1S/C26H28N4O2/c1-19-6-4-7-20(12-19)13-24(31)30-11-5-10-26(17-30,25(27)32)14-21-8-2-3-9-23(21)22-15-28-18-29-16-22/h2-4,6-9,12,15-16,18H,5,10-11,13-14,17H2,1H3,(H2,27,32)/t26-/m1/s1. The lowest BCUT2D eigenvalue weighted by atomic mass is 9.73. The Morgan fingerprint density at radius 3 is 2.62 bits per heavy atom. The average Bonchev–Trinajstić information content (AvgIpc) is 2.80. The third kappa shape index (κ3) is 4.69. The van der Waals surface area contributed by atoms with E-state index in [1.54, 1.807) is 12.4 Å². The molecule has 3 aromatic rings. The lowest BCUT2D eigenvalue weighted by Crippen LogP contribution is -2.53. The Balaban J connectivity index is 1.58. The van der Waals surface area contributed by atoms with Crippen molar-refractivity contribution in [2.75, 3.05) is 13.1 Å². The summed E-state index contributed by atoms with van der Waals surface area (Å²) in [5.74, 6) is -0.324. The molecule has 6 nitrogen and oxygen atoms in total. The number of rotatable bonds is 6. The summed E-state index contributed by atoms with van der Waals surface area (Å²) in [5.41, 5.74) is 10.2. The topological polar surface area (TPSA) is 89.2 Å². The number of nitrogens with two attached hydrogens (primary N) is 1. The molecule has 0 radical (unpaired) electrons. The normalized spacial score (nSPS) is 18.3. The number of amides is 2. The zero-order valence-electron chi connectivity index (χ0n) is 18.3. The number of likely N-dealkylation sites (tertiary alicyclic amines) is 1. The summed E-state index contributed by atoms with van der Waals surface area (Å²) in [6, 6.07) is 15.9. The van der Waals surface area contributed by atoms with Crippen LogP contribution < -0.4 is 5.73 Å². The molecule has 1 saturated heterocycles. The van der Waals surface area contributed by atoms with E-state index >= 15 is 0 Å². The maximum absolute atomic E-state index is 13.1. The molecule has 0 spiro atoms. The molecule has 0 bridgehead atoms. The second-order valence-electron chi connectivity index (χ2n) is 8.69. The molecular formula is C26H28N4O2. The third-order valence-corrected chi connectivity index (χ3v) is 6.31. The number of aryl methyl sites for hydroxylation is 1. The maximum Gasteiger partial charge on any atom is 0.227 e. The highest BCUT2D eigenvalue weighted by Crippen LogP contribution is 2.36. The monoisotopic (exact) mass is 428 g/mol. The summed E-state index contributed by atoms with van der Waals surface area (Å²) >= 11 is 0. The first kappa shape index (κ1) is 21.7. The van der Waals surface area contributed by atoms with Crippen LogP contribution in [0.1, 0.15) is 29.5 Å². The molecule has 1 aromatic heterocycles. The zero-order chi connectivity index (χ0) is 22.6. The molecule has 1 aliphatic rings. The molecule has 2 heterocycles. The molecule has 2 N–H and O–H groups in total. The van der Waals surface area contributed by atoms with Crippen molar-refractivity contribution in [1.29, 1.82) is 0 Å². The van der Waals surface area contributed by atoms with Crippen LogP contribution >= 0.6 is 0 Å². The van der Waals surface area contributed by atoms with Gasteiger partial charge in [-0.2, -0.15) is 0 Å². The van der Waals surface area contributed by atoms with Crippen LogP contribution in [-0.4, -0.2) is 39.8 Å². The van der Waals surface area contributed by atoms with Gasteiger partial charge in [-0.05, 0) is 42.9 Å². The van der Waals surface area contributed by atoms with Crippen LogP contribution in [0.15, 0.2) is 67.3 Å². The highest BCUT2D eigenvalue weighted by atomic mass is 16.2. The molecule has 1 aliphatic heterocycles. The summed E-state index contributed by atoms with van der Waals surface area (Å²) in [5, 5.41) is 0. The van der Waals surface area contributed by atoms with Crippen LogP contribution in [0.2, 0.25) is 0 Å². The summed E-state index contributed by atoms with van der Waals surface area (Å²) in [6.45, 7) is 3.00. The molecule has 2 aromatic carbocycles. The van der Waals surface area contributed by atoms with Crippen LogP contribution in [0.25, 0.3) is 11.1 Å². The Labute approximate surface area is 188 Å². The summed E-state index contributed by atoms with van der Waals surface area (Å²) in [6.07, 6.45) is 7.24. The van der Waals surface area contributed by atoms with Gasteiger partial charge in [-0.25, -0.2) is 9.97 Å². The van der Waals surface area contributed by atoms with Crippen LogP contribution in [0.4, 0.5) is 0 Å².